The monoisotopic (exact) mass is 359 g/mol. The van der Waals surface area contributed by atoms with Crippen molar-refractivity contribution >= 4 is 27.3 Å². The van der Waals surface area contributed by atoms with Crippen LogP contribution in [0, 0.1) is 17.5 Å². The molecule has 0 radical (unpaired) electrons. The molecule has 0 aliphatic rings. The predicted molar refractivity (Wildman–Crippen MR) is 81.4 cm³/mol. The van der Waals surface area contributed by atoms with Crippen LogP contribution in [-0.4, -0.2) is 21.4 Å². The van der Waals surface area contributed by atoms with Crippen molar-refractivity contribution in [3.05, 3.63) is 53.3 Å². The molecule has 0 aliphatic heterocycles. The lowest BCUT2D eigenvalue weighted by Crippen LogP contribution is -2.25. The molecule has 0 unspecified atom stereocenters. The molecule has 1 amide bonds. The van der Waals surface area contributed by atoms with E-state index in [0.717, 1.165) is 7.05 Å². The van der Waals surface area contributed by atoms with Crippen molar-refractivity contribution in [2.75, 3.05) is 18.1 Å². The number of hydrogen-bond donors (Lipinski definition) is 3. The Hall–Kier alpha value is -2.59. The van der Waals surface area contributed by atoms with Gasteiger partial charge in [0.2, 0.25) is 10.0 Å². The lowest BCUT2D eigenvalue weighted by molar-refractivity contribution is 0.102. The molecule has 0 spiro atoms. The van der Waals surface area contributed by atoms with Gasteiger partial charge >= 0.3 is 0 Å². The Morgan fingerprint density at radius 2 is 1.62 bits per heavy atom. The van der Waals surface area contributed by atoms with Crippen molar-refractivity contribution in [1.82, 2.24) is 4.72 Å². The average Bonchev–Trinajstić information content (AvgIpc) is 2.58. The molecule has 2 aromatic rings. The molecular formula is C14H12F3N3O3S. The number of nitrogen functional groups attached to an aromatic ring is 1. The van der Waals surface area contributed by atoms with Gasteiger partial charge in [0.1, 0.15) is 4.90 Å². The fraction of sp³-hybridized carbons (Fsp3) is 0.0714. The molecule has 0 atom stereocenters. The number of carbonyl (C=O) groups is 1. The Balaban J connectivity index is 2.67. The first-order valence-electron chi connectivity index (χ1n) is 6.46. The number of sulfonamides is 1. The molecule has 0 fully saturated rings. The molecule has 0 saturated heterocycles. The molecule has 0 bridgehead atoms. The Bertz CT molecular complexity index is 903. The molecule has 0 aromatic heterocycles. The van der Waals surface area contributed by atoms with Crippen LogP contribution in [0.4, 0.5) is 24.5 Å². The number of hydrogen-bond acceptors (Lipinski definition) is 4. The van der Waals surface area contributed by atoms with E-state index >= 15 is 0 Å². The molecule has 10 heteroatoms. The third kappa shape index (κ3) is 3.05. The van der Waals surface area contributed by atoms with Gasteiger partial charge < -0.3 is 11.1 Å². The van der Waals surface area contributed by atoms with Gasteiger partial charge in [-0.05, 0) is 19.2 Å². The van der Waals surface area contributed by atoms with Crippen molar-refractivity contribution in [3.8, 4) is 0 Å². The molecule has 128 valence electrons. The van der Waals surface area contributed by atoms with Crippen molar-refractivity contribution in [1.29, 1.82) is 0 Å². The molecule has 24 heavy (non-hydrogen) atoms. The lowest BCUT2D eigenvalue weighted by atomic mass is 10.2. The minimum absolute atomic E-state index is 0.0786. The highest BCUT2D eigenvalue weighted by molar-refractivity contribution is 7.89. The Morgan fingerprint density at radius 1 is 1.04 bits per heavy atom. The standard InChI is InChI=1S/C14H12F3N3O3S/c1-19-24(22,23)13-10(17)8(15)9(16)11(18)12(13)20-14(21)7-5-3-2-4-6-7/h2-6,19H,18H2,1H3,(H,20,21). The highest BCUT2D eigenvalue weighted by atomic mass is 32.2. The van der Waals surface area contributed by atoms with Crippen LogP contribution >= 0.6 is 0 Å². The number of rotatable bonds is 4. The summed E-state index contributed by atoms with van der Waals surface area (Å²) >= 11 is 0. The molecule has 0 saturated carbocycles. The van der Waals surface area contributed by atoms with Gasteiger partial charge in [0.15, 0.2) is 17.5 Å². The van der Waals surface area contributed by atoms with Crippen LogP contribution in [-0.2, 0) is 10.0 Å². The van der Waals surface area contributed by atoms with Crippen LogP contribution in [0.3, 0.4) is 0 Å². The predicted octanol–water partition coefficient (Wildman–Crippen LogP) is 1.85. The van der Waals surface area contributed by atoms with Crippen molar-refractivity contribution < 1.29 is 26.4 Å². The van der Waals surface area contributed by atoms with Crippen molar-refractivity contribution in [2.45, 2.75) is 4.90 Å². The summed E-state index contributed by atoms with van der Waals surface area (Å²) < 4.78 is 66.8. The largest absolute Gasteiger partial charge is 0.395 e. The normalized spacial score (nSPS) is 11.3. The molecular weight excluding hydrogens is 347 g/mol. The van der Waals surface area contributed by atoms with E-state index in [1.54, 1.807) is 10.8 Å². The number of halogens is 3. The van der Waals surface area contributed by atoms with E-state index in [4.69, 9.17) is 5.73 Å². The second-order valence-electron chi connectivity index (χ2n) is 4.59. The second kappa shape index (κ2) is 6.49. The second-order valence-corrected chi connectivity index (χ2v) is 6.41. The summed E-state index contributed by atoms with van der Waals surface area (Å²) in [6.45, 7) is 0. The number of carbonyl (C=O) groups excluding carboxylic acids is 1. The molecule has 2 aromatic carbocycles. The van der Waals surface area contributed by atoms with Crippen LogP contribution in [0.15, 0.2) is 35.2 Å². The number of benzene rings is 2. The maximum Gasteiger partial charge on any atom is 0.255 e. The molecule has 4 N–H and O–H groups in total. The first-order valence-corrected chi connectivity index (χ1v) is 7.95. The maximum absolute atomic E-state index is 14.0. The zero-order valence-corrected chi connectivity index (χ0v) is 13.0. The average molecular weight is 359 g/mol. The minimum atomic E-state index is -4.58. The summed E-state index contributed by atoms with van der Waals surface area (Å²) in [7, 11) is -3.64. The summed E-state index contributed by atoms with van der Waals surface area (Å²) in [5, 5.41) is 2.01. The Morgan fingerprint density at radius 3 is 2.17 bits per heavy atom. The van der Waals surface area contributed by atoms with Gasteiger partial charge in [-0.2, -0.15) is 0 Å². The minimum Gasteiger partial charge on any atom is -0.395 e. The number of nitrogens with two attached hydrogens (primary N) is 1. The summed E-state index contributed by atoms with van der Waals surface area (Å²) in [6.07, 6.45) is 0. The Kier molecular flexibility index (Phi) is 4.81. The van der Waals surface area contributed by atoms with Crippen LogP contribution < -0.4 is 15.8 Å². The van der Waals surface area contributed by atoms with E-state index < -0.39 is 49.7 Å². The van der Waals surface area contributed by atoms with E-state index in [1.165, 1.54) is 24.3 Å². The summed E-state index contributed by atoms with van der Waals surface area (Å²) in [4.78, 5) is 10.8. The number of amides is 1. The molecule has 6 nitrogen and oxygen atoms in total. The van der Waals surface area contributed by atoms with E-state index in [-0.39, 0.29) is 5.56 Å². The van der Waals surface area contributed by atoms with Crippen LogP contribution in [0.1, 0.15) is 10.4 Å². The van der Waals surface area contributed by atoms with Gasteiger partial charge in [-0.25, -0.2) is 26.3 Å². The van der Waals surface area contributed by atoms with Gasteiger partial charge in [0.25, 0.3) is 5.91 Å². The van der Waals surface area contributed by atoms with E-state index in [2.05, 4.69) is 0 Å². The smallest absolute Gasteiger partial charge is 0.255 e. The Labute approximate surface area is 135 Å². The fourth-order valence-electron chi connectivity index (χ4n) is 1.91. The maximum atomic E-state index is 14.0. The van der Waals surface area contributed by atoms with Crippen molar-refractivity contribution in [2.24, 2.45) is 0 Å². The van der Waals surface area contributed by atoms with Crippen LogP contribution in [0.25, 0.3) is 0 Å². The SMILES string of the molecule is CNS(=O)(=O)c1c(F)c(F)c(F)c(N)c1NC(=O)c1ccccc1. The van der Waals surface area contributed by atoms with E-state index in [1.807, 2.05) is 5.32 Å². The number of anilines is 2. The summed E-state index contributed by atoms with van der Waals surface area (Å²) in [6, 6.07) is 7.44. The summed E-state index contributed by atoms with van der Waals surface area (Å²) in [5.41, 5.74) is 3.51. The quantitative estimate of drug-likeness (QED) is 0.573. The van der Waals surface area contributed by atoms with Gasteiger partial charge in [0.05, 0.1) is 11.4 Å². The van der Waals surface area contributed by atoms with Gasteiger partial charge in [-0.15, -0.1) is 0 Å². The van der Waals surface area contributed by atoms with Crippen molar-refractivity contribution in [3.63, 3.8) is 0 Å². The highest BCUT2D eigenvalue weighted by Crippen LogP contribution is 2.35. The highest BCUT2D eigenvalue weighted by Gasteiger charge is 2.32. The van der Waals surface area contributed by atoms with Crippen LogP contribution in [0.2, 0.25) is 0 Å². The molecule has 0 heterocycles. The van der Waals surface area contributed by atoms with Gasteiger partial charge in [-0.3, -0.25) is 4.79 Å². The first kappa shape index (κ1) is 17.8. The van der Waals surface area contributed by atoms with E-state index in [9.17, 15) is 26.4 Å². The van der Waals surface area contributed by atoms with Crippen LogP contribution in [0.5, 0.6) is 0 Å². The van der Waals surface area contributed by atoms with E-state index in [0.29, 0.717) is 0 Å². The summed E-state index contributed by atoms with van der Waals surface area (Å²) in [5.74, 6) is -6.72. The third-order valence-corrected chi connectivity index (χ3v) is 4.59. The number of nitrogens with one attached hydrogen (secondary N) is 2. The first-order chi connectivity index (χ1) is 11.2. The fourth-order valence-corrected chi connectivity index (χ4v) is 2.87. The molecule has 2 rings (SSSR count). The van der Waals surface area contributed by atoms with Gasteiger partial charge in [0, 0.05) is 5.56 Å². The zero-order valence-electron chi connectivity index (χ0n) is 12.2. The third-order valence-electron chi connectivity index (χ3n) is 3.13. The van der Waals surface area contributed by atoms with Gasteiger partial charge in [-0.1, -0.05) is 18.2 Å². The zero-order chi connectivity index (χ0) is 18.1. The lowest BCUT2D eigenvalue weighted by Gasteiger charge is -2.16. The topological polar surface area (TPSA) is 101 Å². The molecule has 0 aliphatic carbocycles.